The Balaban J connectivity index is 1.70. The van der Waals surface area contributed by atoms with Gasteiger partial charge in [-0.25, -0.2) is 4.39 Å². The molecule has 0 saturated heterocycles. The minimum Gasteiger partial charge on any atom is -0.357 e. The summed E-state index contributed by atoms with van der Waals surface area (Å²) in [6.45, 7) is 6.83. The lowest BCUT2D eigenvalue weighted by Gasteiger charge is -2.12. The van der Waals surface area contributed by atoms with Gasteiger partial charge in [0.05, 0.1) is 0 Å². The molecule has 0 aliphatic heterocycles. The lowest BCUT2D eigenvalue weighted by Crippen LogP contribution is -2.41. The Bertz CT molecular complexity index is 745. The van der Waals surface area contributed by atoms with Crippen molar-refractivity contribution in [2.24, 2.45) is 4.99 Å². The first-order valence-corrected chi connectivity index (χ1v) is 9.14. The van der Waals surface area contributed by atoms with Gasteiger partial charge in [-0.05, 0) is 44.0 Å². The third-order valence-corrected chi connectivity index (χ3v) is 3.86. The average Bonchev–Trinajstić information content (AvgIpc) is 3.17. The van der Waals surface area contributed by atoms with Gasteiger partial charge >= 0.3 is 0 Å². The molecular weight excluding hydrogens is 347 g/mol. The maximum Gasteiger partial charge on any atom is 0.251 e. The lowest BCUT2D eigenvalue weighted by molar-refractivity contribution is 0.0954. The summed E-state index contributed by atoms with van der Waals surface area (Å²) < 4.78 is 15.4. The van der Waals surface area contributed by atoms with Gasteiger partial charge in [-0.1, -0.05) is 6.07 Å². The van der Waals surface area contributed by atoms with Crippen molar-refractivity contribution in [2.75, 3.05) is 26.2 Å². The SMILES string of the molecule is CCNC(=NCCCn1cccn1)NCCNC(=O)c1ccc(C)c(F)c1. The predicted molar refractivity (Wildman–Crippen MR) is 104 cm³/mol. The Morgan fingerprint density at radius 3 is 2.78 bits per heavy atom. The van der Waals surface area contributed by atoms with Crippen LogP contribution in [0.25, 0.3) is 0 Å². The molecule has 7 nitrogen and oxygen atoms in total. The molecule has 0 aliphatic carbocycles. The predicted octanol–water partition coefficient (Wildman–Crippen LogP) is 1.71. The van der Waals surface area contributed by atoms with Gasteiger partial charge < -0.3 is 16.0 Å². The van der Waals surface area contributed by atoms with E-state index in [1.807, 2.05) is 23.9 Å². The molecule has 0 bridgehead atoms. The van der Waals surface area contributed by atoms with Crippen molar-refractivity contribution < 1.29 is 9.18 Å². The fourth-order valence-corrected chi connectivity index (χ4v) is 2.39. The van der Waals surface area contributed by atoms with E-state index in [0.29, 0.717) is 36.7 Å². The van der Waals surface area contributed by atoms with Gasteiger partial charge in [0.15, 0.2) is 5.96 Å². The van der Waals surface area contributed by atoms with Crippen LogP contribution in [-0.4, -0.2) is 47.8 Å². The Kier molecular flexibility index (Phi) is 8.28. The standard InChI is InChI=1S/C19H27FN6O/c1-3-21-19(23-8-4-12-26-13-5-9-25-26)24-11-10-22-18(27)16-7-6-15(2)17(20)14-16/h5-7,9,13-14H,3-4,8,10-12H2,1-2H3,(H,22,27)(H2,21,23,24). The van der Waals surface area contributed by atoms with Crippen molar-refractivity contribution in [3.05, 3.63) is 53.6 Å². The topological polar surface area (TPSA) is 83.3 Å². The van der Waals surface area contributed by atoms with Gasteiger partial charge in [0, 0.05) is 50.7 Å². The van der Waals surface area contributed by atoms with Crippen LogP contribution in [0.15, 0.2) is 41.7 Å². The van der Waals surface area contributed by atoms with Crippen molar-refractivity contribution in [2.45, 2.75) is 26.8 Å². The molecule has 0 aliphatic rings. The number of guanidine groups is 1. The molecule has 1 aromatic carbocycles. The van der Waals surface area contributed by atoms with Crippen LogP contribution in [0.2, 0.25) is 0 Å². The van der Waals surface area contributed by atoms with Crippen molar-refractivity contribution in [3.63, 3.8) is 0 Å². The molecule has 1 heterocycles. The third kappa shape index (κ3) is 7.08. The Hall–Kier alpha value is -2.90. The van der Waals surface area contributed by atoms with Crippen LogP contribution >= 0.6 is 0 Å². The molecule has 27 heavy (non-hydrogen) atoms. The molecule has 0 radical (unpaired) electrons. The number of nitrogens with one attached hydrogen (secondary N) is 3. The van der Waals surface area contributed by atoms with Crippen LogP contribution in [0.3, 0.4) is 0 Å². The fourth-order valence-electron chi connectivity index (χ4n) is 2.39. The number of rotatable bonds is 9. The van der Waals surface area contributed by atoms with E-state index in [9.17, 15) is 9.18 Å². The zero-order valence-corrected chi connectivity index (χ0v) is 15.8. The number of benzene rings is 1. The number of carbonyl (C=O) groups is 1. The minimum atomic E-state index is -0.377. The fraction of sp³-hybridized carbons (Fsp3) is 0.421. The van der Waals surface area contributed by atoms with Crippen molar-refractivity contribution >= 4 is 11.9 Å². The van der Waals surface area contributed by atoms with E-state index < -0.39 is 0 Å². The second-order valence-electron chi connectivity index (χ2n) is 6.03. The Morgan fingerprint density at radius 1 is 1.26 bits per heavy atom. The molecule has 1 amide bonds. The molecule has 0 atom stereocenters. The first-order chi connectivity index (χ1) is 13.1. The number of hydrogen-bond acceptors (Lipinski definition) is 3. The van der Waals surface area contributed by atoms with Gasteiger partial charge in [-0.2, -0.15) is 5.10 Å². The van der Waals surface area contributed by atoms with Crippen molar-refractivity contribution in [1.82, 2.24) is 25.7 Å². The summed E-state index contributed by atoms with van der Waals surface area (Å²) in [4.78, 5) is 16.5. The number of halogens is 1. The minimum absolute atomic E-state index is 0.295. The van der Waals surface area contributed by atoms with Crippen molar-refractivity contribution in [1.29, 1.82) is 0 Å². The molecule has 0 fully saturated rings. The van der Waals surface area contributed by atoms with Crippen LogP contribution in [-0.2, 0) is 6.54 Å². The summed E-state index contributed by atoms with van der Waals surface area (Å²) in [7, 11) is 0. The van der Waals surface area contributed by atoms with Crippen LogP contribution < -0.4 is 16.0 Å². The van der Waals surface area contributed by atoms with E-state index in [2.05, 4.69) is 26.0 Å². The van der Waals surface area contributed by atoms with Gasteiger partial charge in [0.25, 0.3) is 5.91 Å². The number of aryl methyl sites for hydroxylation is 2. The molecule has 0 saturated carbocycles. The summed E-state index contributed by atoms with van der Waals surface area (Å²) >= 11 is 0. The van der Waals surface area contributed by atoms with Crippen LogP contribution in [0.4, 0.5) is 4.39 Å². The highest BCUT2D eigenvalue weighted by molar-refractivity contribution is 5.94. The number of amides is 1. The van der Waals surface area contributed by atoms with E-state index in [0.717, 1.165) is 19.5 Å². The smallest absolute Gasteiger partial charge is 0.251 e. The third-order valence-electron chi connectivity index (χ3n) is 3.86. The van der Waals surface area contributed by atoms with Crippen molar-refractivity contribution in [3.8, 4) is 0 Å². The molecule has 146 valence electrons. The largest absolute Gasteiger partial charge is 0.357 e. The van der Waals surface area contributed by atoms with E-state index in [4.69, 9.17) is 0 Å². The summed E-state index contributed by atoms with van der Waals surface area (Å²) in [6, 6.07) is 6.37. The highest BCUT2D eigenvalue weighted by atomic mass is 19.1. The Morgan fingerprint density at radius 2 is 2.07 bits per heavy atom. The number of hydrogen-bond donors (Lipinski definition) is 3. The molecular formula is C19H27FN6O. The average molecular weight is 374 g/mol. The normalized spacial score (nSPS) is 11.3. The van der Waals surface area contributed by atoms with Crippen LogP contribution in [0.1, 0.15) is 29.3 Å². The summed E-state index contributed by atoms with van der Waals surface area (Å²) in [5, 5.41) is 13.3. The maximum absolute atomic E-state index is 13.5. The van der Waals surface area contributed by atoms with E-state index in [1.165, 1.54) is 6.07 Å². The monoisotopic (exact) mass is 374 g/mol. The highest BCUT2D eigenvalue weighted by Gasteiger charge is 2.07. The first-order valence-electron chi connectivity index (χ1n) is 9.14. The zero-order valence-electron chi connectivity index (χ0n) is 15.8. The lowest BCUT2D eigenvalue weighted by atomic mass is 10.1. The molecule has 0 unspecified atom stereocenters. The number of aromatic nitrogens is 2. The number of carbonyl (C=O) groups excluding carboxylic acids is 1. The summed E-state index contributed by atoms with van der Waals surface area (Å²) in [6.07, 6.45) is 4.57. The van der Waals surface area contributed by atoms with Gasteiger partial charge in [0.2, 0.25) is 0 Å². The first kappa shape index (κ1) is 20.4. The number of aliphatic imine (C=N–C) groups is 1. The highest BCUT2D eigenvalue weighted by Crippen LogP contribution is 2.08. The number of nitrogens with zero attached hydrogens (tertiary/aromatic N) is 3. The van der Waals surface area contributed by atoms with E-state index in [1.54, 1.807) is 25.3 Å². The maximum atomic E-state index is 13.5. The molecule has 2 aromatic rings. The molecule has 2 rings (SSSR count). The molecule has 1 aromatic heterocycles. The van der Waals surface area contributed by atoms with E-state index >= 15 is 0 Å². The van der Waals surface area contributed by atoms with Crippen LogP contribution in [0.5, 0.6) is 0 Å². The van der Waals surface area contributed by atoms with Gasteiger partial charge in [0.1, 0.15) is 5.82 Å². The van der Waals surface area contributed by atoms with Gasteiger partial charge in [-0.3, -0.25) is 14.5 Å². The van der Waals surface area contributed by atoms with Crippen LogP contribution in [0, 0.1) is 12.7 Å². The van der Waals surface area contributed by atoms with E-state index in [-0.39, 0.29) is 11.7 Å². The molecule has 0 spiro atoms. The van der Waals surface area contributed by atoms with Gasteiger partial charge in [-0.15, -0.1) is 0 Å². The summed E-state index contributed by atoms with van der Waals surface area (Å²) in [5.74, 6) is 0.0305. The second-order valence-corrected chi connectivity index (χ2v) is 6.03. The molecule has 8 heteroatoms. The zero-order chi connectivity index (χ0) is 19.5. The quantitative estimate of drug-likeness (QED) is 0.354. The second kappa shape index (κ2) is 10.9. The molecule has 3 N–H and O–H groups in total. The Labute approximate surface area is 159 Å². The summed E-state index contributed by atoms with van der Waals surface area (Å²) in [5.41, 5.74) is 0.838.